The highest BCUT2D eigenvalue weighted by molar-refractivity contribution is 5.95. The summed E-state index contributed by atoms with van der Waals surface area (Å²) in [5.41, 5.74) is 11.9. The Hall–Kier alpha value is -3.01. The Morgan fingerprint density at radius 2 is 1.60 bits per heavy atom. The Morgan fingerprint density at radius 3 is 2.20 bits per heavy atom. The Bertz CT molecular complexity index is 970. The molecule has 0 fully saturated rings. The van der Waals surface area contributed by atoms with Crippen LogP contribution in [0.25, 0.3) is 11.3 Å². The molecular formula is C26H32N2O2. The van der Waals surface area contributed by atoms with Gasteiger partial charge < -0.3 is 15.0 Å². The normalized spacial score (nSPS) is 10.9. The van der Waals surface area contributed by atoms with Gasteiger partial charge in [-0.15, -0.1) is 0 Å². The molecule has 1 aromatic heterocycles. The zero-order valence-corrected chi connectivity index (χ0v) is 18.3. The topological polar surface area (TPSA) is 57.2 Å². The SMILES string of the molecule is CCCCCc1ccc(-c2cc(C(N)=O)c(C)n2CCc2ccc(OC)cc2)cc1. The Kier molecular flexibility index (Phi) is 7.34. The van der Waals surface area contributed by atoms with Gasteiger partial charge in [-0.3, -0.25) is 4.79 Å². The second-order valence-corrected chi connectivity index (χ2v) is 7.80. The highest BCUT2D eigenvalue weighted by atomic mass is 16.5. The van der Waals surface area contributed by atoms with E-state index in [0.29, 0.717) is 5.56 Å². The molecular weight excluding hydrogens is 372 g/mol. The monoisotopic (exact) mass is 404 g/mol. The van der Waals surface area contributed by atoms with Gasteiger partial charge in [0.2, 0.25) is 0 Å². The van der Waals surface area contributed by atoms with Crippen LogP contribution >= 0.6 is 0 Å². The summed E-state index contributed by atoms with van der Waals surface area (Å²) in [6.45, 7) is 4.97. The molecule has 4 heteroatoms. The average molecular weight is 405 g/mol. The molecule has 1 amide bonds. The molecule has 0 saturated heterocycles. The number of aromatic nitrogens is 1. The maximum Gasteiger partial charge on any atom is 0.250 e. The number of nitrogens with two attached hydrogens (primary N) is 1. The van der Waals surface area contributed by atoms with Crippen molar-refractivity contribution in [2.75, 3.05) is 7.11 Å². The zero-order chi connectivity index (χ0) is 21.5. The third-order valence-corrected chi connectivity index (χ3v) is 5.73. The standard InChI is InChI=1S/C26H32N2O2/c1-4-5-6-7-20-8-12-22(13-9-20)25-18-24(26(27)29)19(2)28(25)17-16-21-10-14-23(30-3)15-11-21/h8-15,18H,4-7,16-17H2,1-3H3,(H2,27,29). The smallest absolute Gasteiger partial charge is 0.250 e. The van der Waals surface area contributed by atoms with Gasteiger partial charge in [0.05, 0.1) is 12.7 Å². The number of rotatable bonds is 10. The van der Waals surface area contributed by atoms with Crippen molar-refractivity contribution in [3.63, 3.8) is 0 Å². The van der Waals surface area contributed by atoms with Crippen LogP contribution in [0.5, 0.6) is 5.75 Å². The van der Waals surface area contributed by atoms with Crippen LogP contribution in [-0.2, 0) is 19.4 Å². The minimum atomic E-state index is -0.381. The van der Waals surface area contributed by atoms with E-state index in [1.165, 1.54) is 30.4 Å². The summed E-state index contributed by atoms with van der Waals surface area (Å²) in [4.78, 5) is 12.0. The van der Waals surface area contributed by atoms with Crippen LogP contribution in [0.15, 0.2) is 54.6 Å². The third kappa shape index (κ3) is 5.12. The summed E-state index contributed by atoms with van der Waals surface area (Å²) in [7, 11) is 1.67. The van der Waals surface area contributed by atoms with Crippen LogP contribution in [0.1, 0.15) is 53.4 Å². The van der Waals surface area contributed by atoms with Gasteiger partial charge >= 0.3 is 0 Å². The van der Waals surface area contributed by atoms with Crippen LogP contribution in [0.4, 0.5) is 0 Å². The maximum absolute atomic E-state index is 12.0. The largest absolute Gasteiger partial charge is 0.497 e. The first-order chi connectivity index (χ1) is 14.5. The number of hydrogen-bond acceptors (Lipinski definition) is 2. The van der Waals surface area contributed by atoms with E-state index in [2.05, 4.69) is 47.9 Å². The second-order valence-electron chi connectivity index (χ2n) is 7.80. The van der Waals surface area contributed by atoms with Gasteiger partial charge in [0.1, 0.15) is 5.75 Å². The number of nitrogens with zero attached hydrogens (tertiary/aromatic N) is 1. The van der Waals surface area contributed by atoms with Gasteiger partial charge in [-0.2, -0.15) is 0 Å². The molecule has 2 N–H and O–H groups in total. The molecule has 0 aliphatic carbocycles. The van der Waals surface area contributed by atoms with E-state index in [4.69, 9.17) is 10.5 Å². The molecule has 1 heterocycles. The van der Waals surface area contributed by atoms with Crippen LogP contribution in [0.2, 0.25) is 0 Å². The number of carbonyl (C=O) groups excluding carboxylic acids is 1. The first kappa shape index (κ1) is 21.7. The van der Waals surface area contributed by atoms with Gasteiger partial charge in [-0.05, 0) is 61.1 Å². The van der Waals surface area contributed by atoms with Gasteiger partial charge in [0, 0.05) is 17.9 Å². The molecule has 0 aliphatic rings. The lowest BCUT2D eigenvalue weighted by Gasteiger charge is -2.13. The number of benzene rings is 2. The van der Waals surface area contributed by atoms with Gasteiger partial charge in [0.15, 0.2) is 0 Å². The van der Waals surface area contributed by atoms with Crippen molar-refractivity contribution in [2.24, 2.45) is 5.73 Å². The third-order valence-electron chi connectivity index (χ3n) is 5.73. The molecule has 2 aromatic carbocycles. The fraction of sp³-hybridized carbons (Fsp3) is 0.346. The molecule has 158 valence electrons. The molecule has 0 saturated carbocycles. The van der Waals surface area contributed by atoms with Gasteiger partial charge in [0.25, 0.3) is 5.91 Å². The molecule has 3 aromatic rings. The van der Waals surface area contributed by atoms with Crippen molar-refractivity contribution in [1.29, 1.82) is 0 Å². The maximum atomic E-state index is 12.0. The summed E-state index contributed by atoms with van der Waals surface area (Å²) < 4.78 is 7.45. The highest BCUT2D eigenvalue weighted by Gasteiger charge is 2.16. The van der Waals surface area contributed by atoms with Crippen molar-refractivity contribution in [1.82, 2.24) is 4.57 Å². The number of carbonyl (C=O) groups is 1. The van der Waals surface area contributed by atoms with Crippen molar-refractivity contribution in [3.8, 4) is 17.0 Å². The fourth-order valence-corrected chi connectivity index (χ4v) is 3.88. The number of methoxy groups -OCH3 is 1. The predicted octanol–water partition coefficient (Wildman–Crippen LogP) is 5.55. The molecule has 0 radical (unpaired) electrons. The lowest BCUT2D eigenvalue weighted by molar-refractivity contribution is 0.0999. The molecule has 0 aliphatic heterocycles. The second kappa shape index (κ2) is 10.1. The van der Waals surface area contributed by atoms with Crippen molar-refractivity contribution >= 4 is 5.91 Å². The summed E-state index contributed by atoms with van der Waals surface area (Å²) in [5, 5.41) is 0. The van der Waals surface area contributed by atoms with E-state index in [9.17, 15) is 4.79 Å². The summed E-state index contributed by atoms with van der Waals surface area (Å²) in [5.74, 6) is 0.472. The first-order valence-electron chi connectivity index (χ1n) is 10.8. The van der Waals surface area contributed by atoms with E-state index >= 15 is 0 Å². The van der Waals surface area contributed by atoms with E-state index < -0.39 is 0 Å². The number of unbranched alkanes of at least 4 members (excludes halogenated alkanes) is 2. The predicted molar refractivity (Wildman–Crippen MR) is 123 cm³/mol. The minimum absolute atomic E-state index is 0.381. The quantitative estimate of drug-likeness (QED) is 0.451. The van der Waals surface area contributed by atoms with E-state index in [1.54, 1.807) is 7.11 Å². The van der Waals surface area contributed by atoms with Crippen molar-refractivity contribution in [2.45, 2.75) is 52.5 Å². The van der Waals surface area contributed by atoms with Crippen LogP contribution in [0.3, 0.4) is 0 Å². The fourth-order valence-electron chi connectivity index (χ4n) is 3.88. The number of hydrogen-bond donors (Lipinski definition) is 1. The number of ether oxygens (including phenoxy) is 1. The summed E-state index contributed by atoms with van der Waals surface area (Å²) in [6.07, 6.45) is 5.68. The van der Waals surface area contributed by atoms with Crippen molar-refractivity contribution in [3.05, 3.63) is 77.0 Å². The van der Waals surface area contributed by atoms with Crippen molar-refractivity contribution < 1.29 is 9.53 Å². The highest BCUT2D eigenvalue weighted by Crippen LogP contribution is 2.27. The molecule has 0 spiro atoms. The lowest BCUT2D eigenvalue weighted by Crippen LogP contribution is -2.13. The lowest BCUT2D eigenvalue weighted by atomic mass is 10.0. The van der Waals surface area contributed by atoms with Gasteiger partial charge in [-0.25, -0.2) is 0 Å². The van der Waals surface area contributed by atoms with Gasteiger partial charge in [-0.1, -0.05) is 56.2 Å². The minimum Gasteiger partial charge on any atom is -0.497 e. The van der Waals surface area contributed by atoms with Crippen LogP contribution in [-0.4, -0.2) is 17.6 Å². The number of amides is 1. The molecule has 0 atom stereocenters. The Balaban J connectivity index is 1.84. The zero-order valence-electron chi connectivity index (χ0n) is 18.3. The first-order valence-corrected chi connectivity index (χ1v) is 10.8. The Labute approximate surface area is 179 Å². The van der Waals surface area contributed by atoms with E-state index in [0.717, 1.165) is 42.1 Å². The summed E-state index contributed by atoms with van der Waals surface area (Å²) in [6, 6.07) is 18.8. The average Bonchev–Trinajstić information content (AvgIpc) is 3.10. The Morgan fingerprint density at radius 1 is 0.967 bits per heavy atom. The molecule has 4 nitrogen and oxygen atoms in total. The van der Waals surface area contributed by atoms with E-state index in [1.807, 2.05) is 25.1 Å². The summed E-state index contributed by atoms with van der Waals surface area (Å²) >= 11 is 0. The molecule has 3 rings (SSSR count). The molecule has 0 bridgehead atoms. The number of aryl methyl sites for hydroxylation is 2. The van der Waals surface area contributed by atoms with E-state index in [-0.39, 0.29) is 5.91 Å². The van der Waals surface area contributed by atoms with Crippen LogP contribution < -0.4 is 10.5 Å². The molecule has 0 unspecified atom stereocenters. The van der Waals surface area contributed by atoms with Crippen LogP contribution in [0, 0.1) is 6.92 Å². The molecule has 30 heavy (non-hydrogen) atoms. The number of primary amides is 1.